The van der Waals surface area contributed by atoms with Crippen LogP contribution in [-0.4, -0.2) is 32.0 Å². The summed E-state index contributed by atoms with van der Waals surface area (Å²) in [5, 5.41) is 13.2. The number of rotatable bonds is 4. The minimum absolute atomic E-state index is 0.0510. The zero-order valence-electron chi connectivity index (χ0n) is 20.2. The molecule has 0 fully saturated rings. The first kappa shape index (κ1) is 23.5. The summed E-state index contributed by atoms with van der Waals surface area (Å²) in [4.78, 5) is 21.5. The van der Waals surface area contributed by atoms with Crippen molar-refractivity contribution in [2.45, 2.75) is 51.4 Å². The first-order valence-electron chi connectivity index (χ1n) is 11.8. The van der Waals surface area contributed by atoms with Gasteiger partial charge < -0.3 is 19.6 Å². The molecule has 2 aliphatic rings. The van der Waals surface area contributed by atoms with Crippen LogP contribution >= 0.6 is 0 Å². The van der Waals surface area contributed by atoms with Gasteiger partial charge in [-0.25, -0.2) is 14.4 Å². The molecule has 1 unspecified atom stereocenters. The van der Waals surface area contributed by atoms with Crippen molar-refractivity contribution >= 4 is 11.4 Å². The highest BCUT2D eigenvalue weighted by Gasteiger charge is 2.42. The van der Waals surface area contributed by atoms with Crippen LogP contribution in [0.15, 0.2) is 42.7 Å². The van der Waals surface area contributed by atoms with Gasteiger partial charge in [0.1, 0.15) is 17.2 Å². The van der Waals surface area contributed by atoms with Gasteiger partial charge in [0, 0.05) is 57.5 Å². The number of aromatic nitrogens is 3. The Kier molecular flexibility index (Phi) is 5.10. The maximum atomic E-state index is 15.4. The van der Waals surface area contributed by atoms with Gasteiger partial charge in [0.05, 0.1) is 6.04 Å². The molecule has 4 heterocycles. The van der Waals surface area contributed by atoms with Gasteiger partial charge in [0.15, 0.2) is 5.82 Å². The van der Waals surface area contributed by atoms with Crippen LogP contribution in [-0.2, 0) is 5.60 Å². The molecule has 1 amide bonds. The number of benzene rings is 1. The SMILES string of the molecule is Cc1nc(C(C)(C)O)ncc1-c1cn2c3c(cc2cc1F)[C@H]1CC3c2c(OC(F)F)cccc2C(=O)N1. The van der Waals surface area contributed by atoms with Crippen LogP contribution in [0, 0.1) is 12.7 Å². The maximum absolute atomic E-state index is 15.4. The number of halogens is 3. The quantitative estimate of drug-likeness (QED) is 0.405. The average Bonchev–Trinajstić information content (AvgIpc) is 3.29. The van der Waals surface area contributed by atoms with Gasteiger partial charge in [-0.3, -0.25) is 4.79 Å². The molecule has 7 nitrogen and oxygen atoms in total. The van der Waals surface area contributed by atoms with Gasteiger partial charge in [0.2, 0.25) is 0 Å². The standard InChI is InChI=1S/C27H23F3N4O3/c1-12-17(10-31-25(32-12)27(2,3)36)18-11-34-13(8-19(18)28)7-15-20-9-16(23(15)34)22-14(24(35)33-20)5-4-6-21(22)37-26(29)30/h4-8,10-11,16,20,26,36H,9H2,1-3H3,(H,33,35)/t16?,20-/m1/s1. The highest BCUT2D eigenvalue weighted by atomic mass is 19.3. The molecule has 1 aliphatic carbocycles. The molecule has 10 heteroatoms. The zero-order chi connectivity index (χ0) is 26.2. The Morgan fingerprint density at radius 1 is 1.22 bits per heavy atom. The number of fused-ring (bicyclic) bond motifs is 9. The van der Waals surface area contributed by atoms with Crippen LogP contribution in [0.3, 0.4) is 0 Å². The van der Waals surface area contributed by atoms with Crippen LogP contribution in [0.25, 0.3) is 16.6 Å². The third-order valence-electron chi connectivity index (χ3n) is 7.10. The van der Waals surface area contributed by atoms with E-state index in [0.29, 0.717) is 28.8 Å². The summed E-state index contributed by atoms with van der Waals surface area (Å²) in [6.45, 7) is 1.81. The van der Waals surface area contributed by atoms with Crippen molar-refractivity contribution < 1.29 is 27.8 Å². The zero-order valence-corrected chi connectivity index (χ0v) is 20.2. The number of pyridine rings is 1. The van der Waals surface area contributed by atoms with Crippen molar-refractivity contribution in [1.29, 1.82) is 0 Å². The lowest BCUT2D eigenvalue weighted by atomic mass is 9.91. The predicted octanol–water partition coefficient (Wildman–Crippen LogP) is 4.99. The molecule has 1 aromatic carbocycles. The first-order chi connectivity index (χ1) is 17.5. The van der Waals surface area contributed by atoms with E-state index in [-0.39, 0.29) is 34.6 Å². The third kappa shape index (κ3) is 3.66. The second-order valence-corrected chi connectivity index (χ2v) is 9.98. The van der Waals surface area contributed by atoms with Crippen molar-refractivity contribution in [2.24, 2.45) is 0 Å². The Morgan fingerprint density at radius 3 is 2.70 bits per heavy atom. The number of amides is 1. The molecular weight excluding hydrogens is 485 g/mol. The van der Waals surface area contributed by atoms with Crippen molar-refractivity contribution in [3.8, 4) is 16.9 Å². The molecular formula is C27H23F3N4O3. The number of carbonyl (C=O) groups excluding carboxylic acids is 1. The lowest BCUT2D eigenvalue weighted by Crippen LogP contribution is -2.26. The second-order valence-electron chi connectivity index (χ2n) is 9.98. The molecule has 0 spiro atoms. The van der Waals surface area contributed by atoms with E-state index in [1.54, 1.807) is 33.0 Å². The van der Waals surface area contributed by atoms with E-state index in [9.17, 15) is 18.7 Å². The molecule has 6 rings (SSSR count). The molecule has 0 saturated heterocycles. The first-order valence-corrected chi connectivity index (χ1v) is 11.8. The Balaban J connectivity index is 1.55. The number of hydrogen-bond donors (Lipinski definition) is 2. The third-order valence-corrected chi connectivity index (χ3v) is 7.10. The number of hydrogen-bond acceptors (Lipinski definition) is 5. The van der Waals surface area contributed by atoms with Gasteiger partial charge >= 0.3 is 6.61 Å². The molecule has 2 atom stereocenters. The number of ether oxygens (including phenoxy) is 1. The summed E-state index contributed by atoms with van der Waals surface area (Å²) < 4.78 is 48.5. The molecule has 3 aromatic heterocycles. The second kappa shape index (κ2) is 8.04. The Labute approximate surface area is 209 Å². The van der Waals surface area contributed by atoms with Crippen LogP contribution in [0.2, 0.25) is 0 Å². The minimum atomic E-state index is -3.05. The molecule has 0 radical (unpaired) electrons. The van der Waals surface area contributed by atoms with Crippen molar-refractivity contribution in [3.05, 3.63) is 82.4 Å². The normalized spacial score (nSPS) is 18.5. The Hall–Kier alpha value is -3.92. The van der Waals surface area contributed by atoms with Crippen LogP contribution in [0.4, 0.5) is 13.2 Å². The Morgan fingerprint density at radius 2 is 2.00 bits per heavy atom. The highest BCUT2D eigenvalue weighted by Crippen LogP contribution is 2.51. The fourth-order valence-electron chi connectivity index (χ4n) is 5.51. The van der Waals surface area contributed by atoms with Gasteiger partial charge in [-0.2, -0.15) is 8.78 Å². The molecule has 190 valence electrons. The van der Waals surface area contributed by atoms with Gasteiger partial charge in [-0.15, -0.1) is 0 Å². The van der Waals surface area contributed by atoms with Gasteiger partial charge in [-0.05, 0) is 57.0 Å². The number of aliphatic hydroxyl groups is 1. The van der Waals surface area contributed by atoms with Gasteiger partial charge in [-0.1, -0.05) is 6.07 Å². The molecule has 4 aromatic rings. The summed E-state index contributed by atoms with van der Waals surface area (Å²) in [6, 6.07) is 7.39. The fourth-order valence-corrected chi connectivity index (χ4v) is 5.51. The monoisotopic (exact) mass is 508 g/mol. The summed E-state index contributed by atoms with van der Waals surface area (Å²) in [5.74, 6) is -1.11. The van der Waals surface area contributed by atoms with Crippen LogP contribution in [0.5, 0.6) is 5.75 Å². The summed E-state index contributed by atoms with van der Waals surface area (Å²) in [7, 11) is 0. The molecule has 37 heavy (non-hydrogen) atoms. The van der Waals surface area contributed by atoms with E-state index in [4.69, 9.17) is 4.74 Å². The van der Waals surface area contributed by atoms with Gasteiger partial charge in [0.25, 0.3) is 5.91 Å². The van der Waals surface area contributed by atoms with E-state index in [1.165, 1.54) is 24.4 Å². The predicted molar refractivity (Wildman–Crippen MR) is 128 cm³/mol. The average molecular weight is 509 g/mol. The molecule has 1 aliphatic heterocycles. The highest BCUT2D eigenvalue weighted by molar-refractivity contribution is 5.98. The number of nitrogens with one attached hydrogen (secondary N) is 1. The number of nitrogens with zero attached hydrogens (tertiary/aromatic N) is 3. The van der Waals surface area contributed by atoms with Crippen molar-refractivity contribution in [2.75, 3.05) is 0 Å². The van der Waals surface area contributed by atoms with Crippen molar-refractivity contribution in [3.63, 3.8) is 0 Å². The van der Waals surface area contributed by atoms with Crippen molar-refractivity contribution in [1.82, 2.24) is 19.7 Å². The van der Waals surface area contributed by atoms with Crippen LogP contribution < -0.4 is 10.1 Å². The number of alkyl halides is 2. The van der Waals surface area contributed by atoms with Crippen LogP contribution in [0.1, 0.15) is 70.9 Å². The lowest BCUT2D eigenvalue weighted by Gasteiger charge is -2.20. The Bertz CT molecular complexity index is 1590. The number of carbonyl (C=O) groups is 1. The maximum Gasteiger partial charge on any atom is 0.387 e. The van der Waals surface area contributed by atoms with E-state index in [0.717, 1.165) is 11.3 Å². The summed E-state index contributed by atoms with van der Waals surface area (Å²) in [5.41, 5.74) is 2.78. The molecule has 2 bridgehead atoms. The lowest BCUT2D eigenvalue weighted by molar-refractivity contribution is -0.0506. The molecule has 2 N–H and O–H groups in total. The topological polar surface area (TPSA) is 88.8 Å². The summed E-state index contributed by atoms with van der Waals surface area (Å²) in [6.07, 6.45) is 3.59. The summed E-state index contributed by atoms with van der Waals surface area (Å²) >= 11 is 0. The largest absolute Gasteiger partial charge is 0.434 e. The molecule has 0 saturated carbocycles. The van der Waals surface area contributed by atoms with E-state index < -0.39 is 23.9 Å². The number of aryl methyl sites for hydroxylation is 1. The fraction of sp³-hybridized carbons (Fsp3) is 0.296. The van der Waals surface area contributed by atoms with E-state index in [1.807, 2.05) is 10.5 Å². The minimum Gasteiger partial charge on any atom is -0.434 e. The smallest absolute Gasteiger partial charge is 0.387 e. The van der Waals surface area contributed by atoms with E-state index in [2.05, 4.69) is 15.3 Å². The van der Waals surface area contributed by atoms with E-state index >= 15 is 4.39 Å².